The fourth-order valence-electron chi connectivity index (χ4n) is 1.79. The SMILES string of the molecule is CCCNc1ccc(Cl)c(C(=O)NCCCCN(C)C)n1. The number of rotatable bonds is 9. The molecular weight excluding hydrogens is 288 g/mol. The minimum Gasteiger partial charge on any atom is -0.370 e. The number of carbonyl (C=O) groups excluding carboxylic acids is 1. The highest BCUT2D eigenvalue weighted by atomic mass is 35.5. The van der Waals surface area contributed by atoms with Crippen molar-refractivity contribution < 1.29 is 4.79 Å². The number of aromatic nitrogens is 1. The van der Waals surface area contributed by atoms with Crippen molar-refractivity contribution in [1.82, 2.24) is 15.2 Å². The maximum atomic E-state index is 12.1. The van der Waals surface area contributed by atoms with Crippen LogP contribution in [0, 0.1) is 0 Å². The average molecular weight is 313 g/mol. The van der Waals surface area contributed by atoms with Crippen molar-refractivity contribution >= 4 is 23.3 Å². The molecule has 118 valence electrons. The van der Waals surface area contributed by atoms with E-state index in [0.717, 1.165) is 32.4 Å². The van der Waals surface area contributed by atoms with Gasteiger partial charge in [0.25, 0.3) is 5.91 Å². The van der Waals surface area contributed by atoms with Crippen LogP contribution >= 0.6 is 11.6 Å². The third kappa shape index (κ3) is 6.78. The van der Waals surface area contributed by atoms with Gasteiger partial charge in [-0.3, -0.25) is 4.79 Å². The number of halogens is 1. The van der Waals surface area contributed by atoms with Gasteiger partial charge in [0.15, 0.2) is 0 Å². The van der Waals surface area contributed by atoms with Crippen LogP contribution in [0.25, 0.3) is 0 Å². The van der Waals surface area contributed by atoms with Crippen LogP contribution in [-0.4, -0.2) is 49.5 Å². The summed E-state index contributed by atoms with van der Waals surface area (Å²) in [6, 6.07) is 3.49. The summed E-state index contributed by atoms with van der Waals surface area (Å²) in [4.78, 5) is 18.5. The molecule has 5 nitrogen and oxygen atoms in total. The maximum absolute atomic E-state index is 12.1. The lowest BCUT2D eigenvalue weighted by atomic mass is 10.2. The fraction of sp³-hybridized carbons (Fsp3) is 0.600. The van der Waals surface area contributed by atoms with Crippen molar-refractivity contribution in [2.24, 2.45) is 0 Å². The molecule has 0 bridgehead atoms. The van der Waals surface area contributed by atoms with Gasteiger partial charge < -0.3 is 15.5 Å². The molecule has 0 aliphatic heterocycles. The third-order valence-electron chi connectivity index (χ3n) is 2.93. The van der Waals surface area contributed by atoms with E-state index in [2.05, 4.69) is 27.4 Å². The molecule has 1 aromatic heterocycles. The van der Waals surface area contributed by atoms with E-state index in [9.17, 15) is 4.79 Å². The Labute approximate surface area is 132 Å². The van der Waals surface area contributed by atoms with Crippen molar-refractivity contribution in [3.05, 3.63) is 22.8 Å². The molecule has 0 atom stereocenters. The van der Waals surface area contributed by atoms with Crippen LogP contribution in [0.2, 0.25) is 5.02 Å². The first-order valence-corrected chi connectivity index (χ1v) is 7.75. The maximum Gasteiger partial charge on any atom is 0.271 e. The highest BCUT2D eigenvalue weighted by molar-refractivity contribution is 6.33. The largest absolute Gasteiger partial charge is 0.370 e. The molecule has 2 N–H and O–H groups in total. The second kappa shape index (κ2) is 9.58. The van der Waals surface area contributed by atoms with Gasteiger partial charge in [-0.1, -0.05) is 18.5 Å². The Bertz CT molecular complexity index is 451. The second-order valence-electron chi connectivity index (χ2n) is 5.22. The van der Waals surface area contributed by atoms with E-state index in [0.29, 0.717) is 17.4 Å². The zero-order valence-electron chi connectivity index (χ0n) is 13.1. The summed E-state index contributed by atoms with van der Waals surface area (Å²) in [6.45, 7) is 4.55. The van der Waals surface area contributed by atoms with Gasteiger partial charge >= 0.3 is 0 Å². The van der Waals surface area contributed by atoms with E-state index in [4.69, 9.17) is 11.6 Å². The highest BCUT2D eigenvalue weighted by Crippen LogP contribution is 2.16. The molecule has 1 amide bonds. The molecule has 0 saturated heterocycles. The van der Waals surface area contributed by atoms with E-state index in [-0.39, 0.29) is 11.6 Å². The van der Waals surface area contributed by atoms with E-state index < -0.39 is 0 Å². The van der Waals surface area contributed by atoms with Crippen molar-refractivity contribution in [2.75, 3.05) is 39.0 Å². The van der Waals surface area contributed by atoms with Crippen LogP contribution in [0.1, 0.15) is 36.7 Å². The van der Waals surface area contributed by atoms with Crippen LogP contribution in [-0.2, 0) is 0 Å². The van der Waals surface area contributed by atoms with Crippen LogP contribution < -0.4 is 10.6 Å². The summed E-state index contributed by atoms with van der Waals surface area (Å²) >= 11 is 6.05. The molecule has 21 heavy (non-hydrogen) atoms. The van der Waals surface area contributed by atoms with Gasteiger partial charge in [0.2, 0.25) is 0 Å². The average Bonchev–Trinajstić information content (AvgIpc) is 2.45. The van der Waals surface area contributed by atoms with E-state index in [1.807, 2.05) is 14.1 Å². The zero-order valence-corrected chi connectivity index (χ0v) is 13.8. The molecule has 0 unspecified atom stereocenters. The Morgan fingerprint density at radius 2 is 2.05 bits per heavy atom. The second-order valence-corrected chi connectivity index (χ2v) is 5.63. The van der Waals surface area contributed by atoms with E-state index in [1.165, 1.54) is 0 Å². The van der Waals surface area contributed by atoms with Crippen molar-refractivity contribution in [3.63, 3.8) is 0 Å². The lowest BCUT2D eigenvalue weighted by molar-refractivity contribution is 0.0948. The first-order valence-electron chi connectivity index (χ1n) is 7.38. The van der Waals surface area contributed by atoms with Crippen LogP contribution in [0.5, 0.6) is 0 Å². The molecule has 0 fully saturated rings. The minimum absolute atomic E-state index is 0.218. The summed E-state index contributed by atoms with van der Waals surface area (Å²) in [6.07, 6.45) is 2.99. The van der Waals surface area contributed by atoms with Gasteiger partial charge in [-0.25, -0.2) is 4.98 Å². The first-order chi connectivity index (χ1) is 10.0. The monoisotopic (exact) mass is 312 g/mol. The lowest BCUT2D eigenvalue weighted by Crippen LogP contribution is -2.26. The molecule has 0 saturated carbocycles. The molecule has 0 aliphatic rings. The van der Waals surface area contributed by atoms with Crippen molar-refractivity contribution in [3.8, 4) is 0 Å². The molecule has 1 rings (SSSR count). The van der Waals surface area contributed by atoms with Gasteiger partial charge in [-0.15, -0.1) is 0 Å². The molecule has 0 aromatic carbocycles. The number of anilines is 1. The Kier molecular flexibility index (Phi) is 8.08. The zero-order chi connectivity index (χ0) is 15.7. The lowest BCUT2D eigenvalue weighted by Gasteiger charge is -2.10. The van der Waals surface area contributed by atoms with Crippen LogP contribution in [0.3, 0.4) is 0 Å². The summed E-state index contributed by atoms with van der Waals surface area (Å²) in [5.74, 6) is 0.462. The van der Waals surface area contributed by atoms with E-state index in [1.54, 1.807) is 12.1 Å². The molecule has 6 heteroatoms. The van der Waals surface area contributed by atoms with Gasteiger partial charge in [0.1, 0.15) is 11.5 Å². The van der Waals surface area contributed by atoms with Gasteiger partial charge in [0.05, 0.1) is 5.02 Å². The Balaban J connectivity index is 2.48. The molecule has 0 radical (unpaired) electrons. The van der Waals surface area contributed by atoms with Crippen LogP contribution in [0.15, 0.2) is 12.1 Å². The minimum atomic E-state index is -0.218. The quantitative estimate of drug-likeness (QED) is 0.688. The predicted molar refractivity (Wildman–Crippen MR) is 88.1 cm³/mol. The van der Waals surface area contributed by atoms with Gasteiger partial charge in [-0.2, -0.15) is 0 Å². The highest BCUT2D eigenvalue weighted by Gasteiger charge is 2.12. The number of nitrogens with one attached hydrogen (secondary N) is 2. The number of nitrogens with zero attached hydrogens (tertiary/aromatic N) is 2. The van der Waals surface area contributed by atoms with Crippen molar-refractivity contribution in [2.45, 2.75) is 26.2 Å². The molecule has 1 heterocycles. The number of amides is 1. The Hall–Kier alpha value is -1.33. The molecule has 0 spiro atoms. The number of carbonyl (C=O) groups is 1. The van der Waals surface area contributed by atoms with Crippen LogP contribution in [0.4, 0.5) is 5.82 Å². The topological polar surface area (TPSA) is 57.3 Å². The number of hydrogen-bond acceptors (Lipinski definition) is 4. The molecule has 0 aliphatic carbocycles. The fourth-order valence-corrected chi connectivity index (χ4v) is 1.98. The van der Waals surface area contributed by atoms with Gasteiger partial charge in [0, 0.05) is 13.1 Å². The summed E-state index contributed by atoms with van der Waals surface area (Å²) < 4.78 is 0. The number of pyridine rings is 1. The van der Waals surface area contributed by atoms with E-state index >= 15 is 0 Å². The number of unbranched alkanes of at least 4 members (excludes halogenated alkanes) is 1. The smallest absolute Gasteiger partial charge is 0.271 e. The Morgan fingerprint density at radius 1 is 1.29 bits per heavy atom. The number of hydrogen-bond donors (Lipinski definition) is 2. The predicted octanol–water partition coefficient (Wildman–Crippen LogP) is 2.63. The first kappa shape index (κ1) is 17.7. The standard InChI is InChI=1S/C15H25ClN4O/c1-4-9-17-13-8-7-12(16)14(19-13)15(21)18-10-5-6-11-20(2)3/h7-8H,4-6,9-11H2,1-3H3,(H,17,19)(H,18,21). The molecule has 1 aromatic rings. The Morgan fingerprint density at radius 3 is 2.71 bits per heavy atom. The summed E-state index contributed by atoms with van der Waals surface area (Å²) in [7, 11) is 4.08. The normalized spacial score (nSPS) is 10.7. The van der Waals surface area contributed by atoms with Crippen molar-refractivity contribution in [1.29, 1.82) is 0 Å². The third-order valence-corrected chi connectivity index (χ3v) is 3.24. The van der Waals surface area contributed by atoms with Gasteiger partial charge in [-0.05, 0) is 52.0 Å². The summed E-state index contributed by atoms with van der Waals surface area (Å²) in [5, 5.41) is 6.39. The summed E-state index contributed by atoms with van der Waals surface area (Å²) in [5.41, 5.74) is 0.283. The molecular formula is C15H25ClN4O.